The minimum absolute atomic E-state index is 0.251. The Morgan fingerprint density at radius 2 is 1.89 bits per heavy atom. The van der Waals surface area contributed by atoms with Crippen molar-refractivity contribution in [3.8, 4) is 0 Å². The third kappa shape index (κ3) is 4.14. The number of hydrogen-bond acceptors (Lipinski definition) is 4. The largest absolute Gasteiger partial charge is 0.370 e. The van der Waals surface area contributed by atoms with Crippen LogP contribution in [0.25, 0.3) is 6.08 Å². The lowest BCUT2D eigenvalue weighted by Crippen LogP contribution is -2.37. The van der Waals surface area contributed by atoms with Crippen LogP contribution in [0.15, 0.2) is 40.1 Å². The Balaban J connectivity index is 1.83. The highest BCUT2D eigenvalue weighted by Crippen LogP contribution is 2.31. The maximum atomic E-state index is 12.4. The number of anilines is 2. The Morgan fingerprint density at radius 3 is 2.59 bits per heavy atom. The van der Waals surface area contributed by atoms with Crippen molar-refractivity contribution in [1.29, 1.82) is 0 Å². The summed E-state index contributed by atoms with van der Waals surface area (Å²) in [5.41, 5.74) is 0.933. The zero-order valence-corrected chi connectivity index (χ0v) is 16.0. The first-order chi connectivity index (χ1) is 12.9. The number of carbonyl (C=O) groups excluding carboxylic acids is 1. The number of halogens is 1. The molecule has 1 aliphatic heterocycles. The fourth-order valence-corrected chi connectivity index (χ4v) is 3.30. The van der Waals surface area contributed by atoms with Crippen molar-refractivity contribution in [2.45, 2.75) is 12.8 Å². The molecule has 1 aromatic carbocycles. The maximum Gasteiger partial charge on any atom is 0.330 e. The van der Waals surface area contributed by atoms with Crippen molar-refractivity contribution in [2.75, 3.05) is 23.3 Å². The topological polar surface area (TPSA) is 76.3 Å². The summed E-state index contributed by atoms with van der Waals surface area (Å²) < 4.78 is 2.29. The van der Waals surface area contributed by atoms with E-state index < -0.39 is 11.2 Å². The highest BCUT2D eigenvalue weighted by molar-refractivity contribution is 6.31. The van der Waals surface area contributed by atoms with Crippen molar-refractivity contribution in [3.63, 3.8) is 0 Å². The molecule has 0 spiro atoms. The smallest absolute Gasteiger partial charge is 0.330 e. The van der Waals surface area contributed by atoms with E-state index in [1.54, 1.807) is 19.2 Å². The molecule has 0 bridgehead atoms. The molecule has 1 saturated heterocycles. The van der Waals surface area contributed by atoms with Gasteiger partial charge in [0.2, 0.25) is 5.91 Å². The Labute approximate surface area is 161 Å². The Morgan fingerprint density at radius 1 is 1.19 bits per heavy atom. The standard InChI is InChI=1S/C19H21ClN4O3/c1-22-12-13(18(26)23(2)19(22)27)5-8-17(25)21-15-11-14(20)6-7-16(15)24-9-3-4-10-24/h5-8,11-12H,3-4,9-10H2,1-2H3,(H,21,25)/b8-5+. The molecule has 2 aromatic rings. The van der Waals surface area contributed by atoms with Gasteiger partial charge in [-0.05, 0) is 37.1 Å². The van der Waals surface area contributed by atoms with E-state index in [1.807, 2.05) is 6.07 Å². The van der Waals surface area contributed by atoms with Gasteiger partial charge >= 0.3 is 5.69 Å². The minimum Gasteiger partial charge on any atom is -0.370 e. The monoisotopic (exact) mass is 388 g/mol. The van der Waals surface area contributed by atoms with Gasteiger partial charge in [0.15, 0.2) is 0 Å². The second-order valence-electron chi connectivity index (χ2n) is 6.52. The van der Waals surface area contributed by atoms with E-state index in [9.17, 15) is 14.4 Å². The average molecular weight is 389 g/mol. The van der Waals surface area contributed by atoms with Gasteiger partial charge in [0, 0.05) is 44.5 Å². The summed E-state index contributed by atoms with van der Waals surface area (Å²) in [4.78, 5) is 38.4. The Kier molecular flexibility index (Phi) is 5.51. The van der Waals surface area contributed by atoms with Crippen molar-refractivity contribution in [1.82, 2.24) is 9.13 Å². The number of nitrogens with zero attached hydrogens (tertiary/aromatic N) is 3. The van der Waals surface area contributed by atoms with Gasteiger partial charge in [0.25, 0.3) is 5.56 Å². The van der Waals surface area contributed by atoms with E-state index >= 15 is 0 Å². The normalized spacial score (nSPS) is 14.1. The molecular formula is C19H21ClN4O3. The van der Waals surface area contributed by atoms with Crippen LogP contribution in [0.4, 0.5) is 11.4 Å². The van der Waals surface area contributed by atoms with Crippen LogP contribution in [0.1, 0.15) is 18.4 Å². The van der Waals surface area contributed by atoms with Crippen LogP contribution in [-0.2, 0) is 18.9 Å². The lowest BCUT2D eigenvalue weighted by Gasteiger charge is -2.21. The molecule has 0 unspecified atom stereocenters. The molecule has 1 aliphatic rings. The SMILES string of the molecule is Cn1cc(/C=C/C(=O)Nc2cc(Cl)ccc2N2CCCC2)c(=O)n(C)c1=O. The number of rotatable bonds is 4. The molecule has 1 amide bonds. The molecule has 27 heavy (non-hydrogen) atoms. The number of nitrogens with one attached hydrogen (secondary N) is 1. The van der Waals surface area contributed by atoms with E-state index in [1.165, 1.54) is 30.0 Å². The molecule has 1 fully saturated rings. The van der Waals surface area contributed by atoms with Gasteiger partial charge in [-0.25, -0.2) is 4.79 Å². The van der Waals surface area contributed by atoms with Crippen molar-refractivity contribution >= 4 is 35.0 Å². The summed E-state index contributed by atoms with van der Waals surface area (Å²) in [5.74, 6) is -0.381. The lowest BCUT2D eigenvalue weighted by atomic mass is 10.2. The summed E-state index contributed by atoms with van der Waals surface area (Å²) in [6.45, 7) is 1.88. The second-order valence-corrected chi connectivity index (χ2v) is 6.96. The quantitative estimate of drug-likeness (QED) is 0.813. The van der Waals surface area contributed by atoms with Crippen LogP contribution in [-0.4, -0.2) is 28.1 Å². The van der Waals surface area contributed by atoms with Gasteiger partial charge < -0.3 is 14.8 Å². The fraction of sp³-hybridized carbons (Fsp3) is 0.316. The van der Waals surface area contributed by atoms with Crippen molar-refractivity contribution in [2.24, 2.45) is 14.1 Å². The fourth-order valence-electron chi connectivity index (χ4n) is 3.13. The molecule has 0 aliphatic carbocycles. The minimum atomic E-state index is -0.456. The zero-order valence-electron chi connectivity index (χ0n) is 15.2. The third-order valence-corrected chi connectivity index (χ3v) is 4.79. The molecule has 3 rings (SSSR count). The number of aromatic nitrogens is 2. The van der Waals surface area contributed by atoms with Gasteiger partial charge in [-0.2, -0.15) is 0 Å². The van der Waals surface area contributed by atoms with Crippen LogP contribution >= 0.6 is 11.6 Å². The molecule has 142 valence electrons. The molecule has 0 radical (unpaired) electrons. The van der Waals surface area contributed by atoms with Crippen LogP contribution in [0.5, 0.6) is 0 Å². The number of benzene rings is 1. The number of aryl methyl sites for hydroxylation is 1. The zero-order chi connectivity index (χ0) is 19.6. The Hall–Kier alpha value is -2.80. The summed E-state index contributed by atoms with van der Waals surface area (Å²) in [6, 6.07) is 5.41. The maximum absolute atomic E-state index is 12.4. The third-order valence-electron chi connectivity index (χ3n) is 4.55. The van der Waals surface area contributed by atoms with Crippen LogP contribution in [0, 0.1) is 0 Å². The van der Waals surface area contributed by atoms with Crippen LogP contribution in [0.2, 0.25) is 5.02 Å². The number of hydrogen-bond donors (Lipinski definition) is 1. The molecule has 7 nitrogen and oxygen atoms in total. The van der Waals surface area contributed by atoms with Crippen molar-refractivity contribution in [3.05, 3.63) is 61.9 Å². The average Bonchev–Trinajstić information content (AvgIpc) is 3.16. The predicted molar refractivity (Wildman–Crippen MR) is 107 cm³/mol. The molecule has 1 aromatic heterocycles. The van der Waals surface area contributed by atoms with Gasteiger partial charge in [-0.3, -0.25) is 14.2 Å². The van der Waals surface area contributed by atoms with Crippen LogP contribution < -0.4 is 21.5 Å². The van der Waals surface area contributed by atoms with E-state index in [-0.39, 0.29) is 11.5 Å². The summed E-state index contributed by atoms with van der Waals surface area (Å²) in [5, 5.41) is 3.36. The molecule has 1 N–H and O–H groups in total. The number of carbonyl (C=O) groups is 1. The molecular weight excluding hydrogens is 368 g/mol. The van der Waals surface area contributed by atoms with E-state index in [0.717, 1.165) is 36.2 Å². The van der Waals surface area contributed by atoms with E-state index in [0.29, 0.717) is 10.7 Å². The van der Waals surface area contributed by atoms with Gasteiger partial charge in [-0.15, -0.1) is 0 Å². The summed E-state index contributed by atoms with van der Waals surface area (Å²) in [6.07, 6.45) is 6.31. The summed E-state index contributed by atoms with van der Waals surface area (Å²) in [7, 11) is 2.95. The van der Waals surface area contributed by atoms with Gasteiger partial charge in [0.1, 0.15) is 0 Å². The highest BCUT2D eigenvalue weighted by Gasteiger charge is 2.17. The van der Waals surface area contributed by atoms with Crippen molar-refractivity contribution < 1.29 is 4.79 Å². The van der Waals surface area contributed by atoms with Gasteiger partial charge in [0.05, 0.1) is 16.9 Å². The first-order valence-corrected chi connectivity index (χ1v) is 9.05. The molecule has 0 atom stereocenters. The first kappa shape index (κ1) is 19.0. The molecule has 0 saturated carbocycles. The second kappa shape index (κ2) is 7.84. The number of amides is 1. The molecule has 2 heterocycles. The first-order valence-electron chi connectivity index (χ1n) is 8.67. The van der Waals surface area contributed by atoms with Gasteiger partial charge in [-0.1, -0.05) is 11.6 Å². The molecule has 8 heteroatoms. The lowest BCUT2D eigenvalue weighted by molar-refractivity contribution is -0.111. The van der Waals surface area contributed by atoms with E-state index in [4.69, 9.17) is 11.6 Å². The summed E-state index contributed by atoms with van der Waals surface area (Å²) >= 11 is 6.09. The Bertz CT molecular complexity index is 1020. The van der Waals surface area contributed by atoms with Crippen LogP contribution in [0.3, 0.4) is 0 Å². The predicted octanol–water partition coefficient (Wildman–Crippen LogP) is 1.99. The van der Waals surface area contributed by atoms with E-state index in [2.05, 4.69) is 10.2 Å². The highest BCUT2D eigenvalue weighted by atomic mass is 35.5.